The van der Waals surface area contributed by atoms with Crippen LogP contribution in [0.25, 0.3) is 0 Å². The summed E-state index contributed by atoms with van der Waals surface area (Å²) in [7, 11) is 4.10. The maximum absolute atomic E-state index is 5.38. The van der Waals surface area contributed by atoms with Crippen molar-refractivity contribution in [1.29, 1.82) is 0 Å². The summed E-state index contributed by atoms with van der Waals surface area (Å²) in [6.45, 7) is 113. The van der Waals surface area contributed by atoms with Gasteiger partial charge in [0.1, 0.15) is 29.3 Å². The van der Waals surface area contributed by atoms with E-state index in [0.29, 0.717) is 125 Å². The van der Waals surface area contributed by atoms with Crippen molar-refractivity contribution in [2.75, 3.05) is 0 Å². The number of aromatic nitrogens is 20. The fourth-order valence-electron chi connectivity index (χ4n) is 11.2. The van der Waals surface area contributed by atoms with Crippen LogP contribution in [0.1, 0.15) is 550 Å². The van der Waals surface area contributed by atoms with E-state index in [2.05, 4.69) is 428 Å². The Bertz CT molecular complexity index is 4050. The molecule has 0 bridgehead atoms. The Kier molecular flexibility index (Phi) is 68.0. The zero-order chi connectivity index (χ0) is 103. The van der Waals surface area contributed by atoms with Gasteiger partial charge in [-0.2, -0.15) is 15.2 Å². The van der Waals surface area contributed by atoms with E-state index in [1.165, 1.54) is 55.6 Å². The predicted molar refractivity (Wildman–Crippen MR) is 566 cm³/mol. The zero-order valence-electron chi connectivity index (χ0n) is 94.6. The van der Waals surface area contributed by atoms with Crippen molar-refractivity contribution in [2.24, 2.45) is 37.0 Å². The molecule has 1 unspecified atom stereocenters. The van der Waals surface area contributed by atoms with Crippen LogP contribution < -0.4 is 0 Å². The molecule has 0 amide bonds. The lowest BCUT2D eigenvalue weighted by Crippen LogP contribution is -2.12. The Morgan fingerprint density at radius 1 is 0.402 bits per heavy atom. The highest BCUT2D eigenvalue weighted by Crippen LogP contribution is 2.28. The van der Waals surface area contributed by atoms with E-state index in [0.717, 1.165) is 52.8 Å². The summed E-state index contributed by atoms with van der Waals surface area (Å²) in [5.74, 6) is 16.4. The van der Waals surface area contributed by atoms with Gasteiger partial charge in [0.25, 0.3) is 0 Å². The highest BCUT2D eigenvalue weighted by Gasteiger charge is 2.24. The lowest BCUT2D eigenvalue weighted by Gasteiger charge is -2.09. The molecular weight excluding hydrogens is 1680 g/mol. The highest BCUT2D eigenvalue weighted by molar-refractivity contribution is 7.10. The highest BCUT2D eigenvalue weighted by atomic mass is 32.1. The van der Waals surface area contributed by atoms with Gasteiger partial charge in [0.15, 0.2) is 18.1 Å². The van der Waals surface area contributed by atoms with Gasteiger partial charge in [0.2, 0.25) is 17.7 Å². The molecule has 0 radical (unpaired) electrons. The van der Waals surface area contributed by atoms with Gasteiger partial charge in [0, 0.05) is 145 Å². The van der Waals surface area contributed by atoms with E-state index < -0.39 is 0 Å². The van der Waals surface area contributed by atoms with Crippen LogP contribution >= 0.6 is 22.7 Å². The Labute approximate surface area is 815 Å². The topological polar surface area (TPSA) is 252 Å². The second-order valence-corrected chi connectivity index (χ2v) is 42.3. The van der Waals surface area contributed by atoms with Crippen LogP contribution in [0, 0.1) is 38.5 Å². The number of rotatable bonds is 20. The van der Waals surface area contributed by atoms with Gasteiger partial charge in [-0.3, -0.25) is 14.0 Å². The summed E-state index contributed by atoms with van der Waals surface area (Å²) in [4.78, 5) is 22.0. The summed E-state index contributed by atoms with van der Waals surface area (Å²) in [5.41, 5.74) is 8.76. The fraction of sp³-hybridized carbons (Fsp3) is 0.736. The third-order valence-corrected chi connectivity index (χ3v) is 21.0. The largest absolute Gasteiger partial charge is 0.425 e. The van der Waals surface area contributed by atoms with E-state index in [1.807, 2.05) is 117 Å². The zero-order valence-corrected chi connectivity index (χ0v) is 96.2. The number of hydrogen-bond acceptors (Lipinski definition) is 19. The van der Waals surface area contributed by atoms with Crippen molar-refractivity contribution < 1.29 is 13.6 Å². The van der Waals surface area contributed by atoms with Crippen molar-refractivity contribution in [3.8, 4) is 0 Å². The van der Waals surface area contributed by atoms with Gasteiger partial charge in [0.05, 0.1) is 44.7 Å². The molecular formula is C106H199N22O2S2+. The summed E-state index contributed by atoms with van der Waals surface area (Å²) < 4.78 is 24.7. The minimum absolute atomic E-state index is 0.329. The molecule has 132 heavy (non-hydrogen) atoms. The normalized spacial score (nSPS) is 12.0. The molecule has 0 fully saturated rings. The molecule has 10 aromatic heterocycles. The van der Waals surface area contributed by atoms with Crippen LogP contribution in [0.2, 0.25) is 0 Å². The van der Waals surface area contributed by atoms with Gasteiger partial charge in [-0.1, -0.05) is 292 Å². The molecule has 24 nitrogen and oxygen atoms in total. The second kappa shape index (κ2) is 68.9. The van der Waals surface area contributed by atoms with Gasteiger partial charge in [-0.05, 0) is 154 Å². The molecule has 10 aromatic rings. The van der Waals surface area contributed by atoms with Crippen LogP contribution in [-0.4, -0.2) is 116 Å². The number of aryl methyl sites for hydroxylation is 3. The molecule has 756 valence electrons. The number of nitrogens with zero attached hydrogens (tertiary/aromatic N) is 22. The molecule has 11 heterocycles. The molecule has 1 aliphatic heterocycles. The van der Waals surface area contributed by atoms with E-state index in [9.17, 15) is 0 Å². The molecule has 0 saturated carbocycles. The lowest BCUT2D eigenvalue weighted by atomic mass is 10.0. The van der Waals surface area contributed by atoms with Crippen LogP contribution in [0.4, 0.5) is 0 Å². The third kappa shape index (κ3) is 52.8. The molecule has 0 aliphatic carbocycles. The maximum atomic E-state index is 5.38. The van der Waals surface area contributed by atoms with Gasteiger partial charge >= 0.3 is 0 Å². The van der Waals surface area contributed by atoms with Gasteiger partial charge in [-0.15, -0.1) is 48.2 Å². The van der Waals surface area contributed by atoms with E-state index >= 15 is 0 Å². The van der Waals surface area contributed by atoms with Crippen molar-refractivity contribution in [1.82, 2.24) is 98.7 Å². The van der Waals surface area contributed by atoms with Crippen molar-refractivity contribution >= 4 is 22.7 Å². The Hall–Kier alpha value is -8.00. The summed E-state index contributed by atoms with van der Waals surface area (Å²) >= 11 is 3.55. The molecule has 0 aromatic carbocycles. The number of thiazole rings is 2. The molecule has 0 N–H and O–H groups in total. The lowest BCUT2D eigenvalue weighted by molar-refractivity contribution is -0.556. The standard InChI is InChI=1S/C11H20N2.C10H18N2.C9H17N3.C9H17N2.C9H16N2.2C9H15NS.2C8H14N2O.C7H12N2.C5H9N3.2C4H10.2C2H6/c1-7(2)11-9(5)12-13(8(3)4)10(11)6;1-7(2)9-6-12(5)10(11-9)8(3)4;1-6(2)8-10-11-9(7(3)4)12(8)5;2*1-7(2)9-5-6-11(10-9)8(3)4;2*1-6(2)8-5-11-9(10-8)7(3)4;1-5(2)7-9-10-8(11-7)6(3)4;1-5(2)7-9-8(6(3)4)11-10-7;1-6(2)9-5-4-8-7(9)3;1-5(2)8-4-3-6-7-8;2*1-4(2)3;2*1-2/h7-8H,1-6H3;6-8H,1-5H3;6-7H,1-5H3;5-9H,1-4H3;5-8H,1-4H3;2*5-7H,1-4H3;2*5-6H,1-4H3;4-6H,1-3H3;3-5H,1-2H3;2*4H,1-3H3;2*1-2H3/q;;;+1;;;;;;;;;;;. The number of azo groups is 2. The van der Waals surface area contributed by atoms with Crippen LogP contribution in [0.5, 0.6) is 0 Å². The van der Waals surface area contributed by atoms with Gasteiger partial charge < -0.3 is 22.6 Å². The molecule has 26 heteroatoms. The first-order valence-electron chi connectivity index (χ1n) is 49.8. The Morgan fingerprint density at radius 3 is 1.03 bits per heavy atom. The maximum Gasteiger partial charge on any atom is 0.229 e. The van der Waals surface area contributed by atoms with Gasteiger partial charge in [-0.25, -0.2) is 19.9 Å². The van der Waals surface area contributed by atoms with Crippen molar-refractivity contribution in [2.45, 2.75) is 486 Å². The number of imidazole rings is 2. The molecule has 1 atom stereocenters. The second-order valence-electron chi connectivity index (χ2n) is 40.5. The van der Waals surface area contributed by atoms with Crippen LogP contribution in [0.3, 0.4) is 0 Å². The summed E-state index contributed by atoms with van der Waals surface area (Å²) in [6.07, 6.45) is 15.8. The molecule has 11 rings (SSSR count). The average molecular weight is 1880 g/mol. The summed E-state index contributed by atoms with van der Waals surface area (Å²) in [5, 5.41) is 47.8. The quantitative estimate of drug-likeness (QED) is 0.0643. The molecule has 1 aliphatic rings. The minimum Gasteiger partial charge on any atom is -0.425 e. The third-order valence-electron chi connectivity index (χ3n) is 18.7. The van der Waals surface area contributed by atoms with Crippen molar-refractivity contribution in [3.63, 3.8) is 0 Å². The minimum atomic E-state index is 0.329. The first-order valence-corrected chi connectivity index (χ1v) is 51.5. The van der Waals surface area contributed by atoms with Crippen molar-refractivity contribution in [3.05, 3.63) is 163 Å². The van der Waals surface area contributed by atoms with Crippen LogP contribution in [0.15, 0.2) is 80.3 Å². The molecule has 0 saturated heterocycles. The molecule has 0 spiro atoms. The average Bonchev–Trinajstić information content (AvgIpc) is 1.67. The van der Waals surface area contributed by atoms with E-state index in [1.54, 1.807) is 33.6 Å². The Balaban J connectivity index is -0.000000675. The smallest absolute Gasteiger partial charge is 0.229 e. The SMILES string of the molecule is CC.CC.CC(C)C.CC(C)C.CC(C)C1C=C[N+](C(C)C)=N1.CC(C)c1ccn(C(C)C)n1.CC(C)c1cn(C)c(C(C)C)n1.CC(C)c1csc(C(C)C)n1.CC(C)c1csc(C(C)C)n1.CC(C)c1nnc(C(C)C)n1C.CC(C)c1nnc(C(C)C)o1.CC(C)c1noc(C(C)C)n1.CC(C)n1ccnn1.Cc1nccn1C(C)C.Cc1nn(C(C)C)c(C)c1C(C)C. The van der Waals surface area contributed by atoms with E-state index in [-0.39, 0.29) is 0 Å². The Morgan fingerprint density at radius 2 is 0.833 bits per heavy atom. The number of hydrogen-bond donors (Lipinski definition) is 0. The van der Waals surface area contributed by atoms with E-state index in [4.69, 9.17) is 8.94 Å². The summed E-state index contributed by atoms with van der Waals surface area (Å²) in [6, 6.07) is 4.89. The van der Waals surface area contributed by atoms with Crippen LogP contribution in [-0.2, 0) is 14.1 Å². The first-order chi connectivity index (χ1) is 61.1. The monoisotopic (exact) mass is 1880 g/mol. The predicted octanol–water partition coefficient (Wildman–Crippen LogP) is 32.4. The fourth-order valence-corrected chi connectivity index (χ4v) is 13.2. The first kappa shape index (κ1) is 130.